The van der Waals surface area contributed by atoms with E-state index in [-0.39, 0.29) is 11.4 Å². The number of halogens is 4. The molecule has 0 radical (unpaired) electrons. The van der Waals surface area contributed by atoms with Crippen molar-refractivity contribution in [2.45, 2.75) is 43.9 Å². The number of hydrogen-bond acceptors (Lipinski definition) is 4. The zero-order valence-corrected chi connectivity index (χ0v) is 19.2. The Morgan fingerprint density at radius 1 is 1.24 bits per heavy atom. The number of ether oxygens (including phenoxy) is 1. The third-order valence-corrected chi connectivity index (χ3v) is 6.36. The fourth-order valence-corrected chi connectivity index (χ4v) is 4.65. The number of hydrogen-bond donors (Lipinski definition) is 3. The number of alkyl halides is 3. The molecule has 1 aliphatic heterocycles. The van der Waals surface area contributed by atoms with Crippen molar-refractivity contribution < 1.29 is 23.0 Å². The fraction of sp³-hybridized carbons (Fsp3) is 0.435. The van der Waals surface area contributed by atoms with Gasteiger partial charge in [0.15, 0.2) is 5.60 Å². The van der Waals surface area contributed by atoms with Crippen molar-refractivity contribution in [2.24, 2.45) is 7.05 Å². The lowest BCUT2D eigenvalue weighted by atomic mass is 9.74. The fourth-order valence-electron chi connectivity index (χ4n) is 4.41. The van der Waals surface area contributed by atoms with Gasteiger partial charge in [-0.05, 0) is 35.6 Å². The summed E-state index contributed by atoms with van der Waals surface area (Å²) in [5.74, 6) is 0.807. The minimum Gasteiger partial charge on any atom is -0.493 e. The molecular weight excluding hydrogens is 459 g/mol. The number of benzene rings is 1. The highest BCUT2D eigenvalue weighted by Gasteiger charge is 2.56. The molecule has 1 unspecified atom stereocenters. The van der Waals surface area contributed by atoms with Crippen LogP contribution in [0, 0.1) is 0 Å². The predicted molar refractivity (Wildman–Crippen MR) is 121 cm³/mol. The van der Waals surface area contributed by atoms with Gasteiger partial charge < -0.3 is 24.7 Å². The maximum absolute atomic E-state index is 14.1. The molecule has 10 heteroatoms. The summed E-state index contributed by atoms with van der Waals surface area (Å²) >= 11 is 6.22. The molecule has 0 saturated carbocycles. The molecule has 0 bridgehead atoms. The number of aromatic nitrogens is 2. The van der Waals surface area contributed by atoms with Crippen LogP contribution in [0.5, 0.6) is 5.75 Å². The van der Waals surface area contributed by atoms with Gasteiger partial charge in [0.1, 0.15) is 11.6 Å². The van der Waals surface area contributed by atoms with Gasteiger partial charge in [-0.25, -0.2) is 0 Å². The Labute approximate surface area is 193 Å². The molecular formula is C23H25ClF3N3O3. The minimum absolute atomic E-state index is 0.249. The van der Waals surface area contributed by atoms with Gasteiger partial charge in [0.05, 0.1) is 18.7 Å². The maximum Gasteiger partial charge on any atom is 0.418 e. The number of nitrogens with one attached hydrogen (secondary N) is 2. The van der Waals surface area contributed by atoms with E-state index >= 15 is 0 Å². The quantitative estimate of drug-likeness (QED) is 0.481. The first-order valence-electron chi connectivity index (χ1n) is 10.5. The molecule has 2 aromatic heterocycles. The molecule has 0 spiro atoms. The SMILES string of the molecule is Cn1cc2cc(NCC(O)(CC(C)(C)c3cc(Cl)cc4c3OCC4)C(F)(F)F)[nH]c2cc1=O. The summed E-state index contributed by atoms with van der Waals surface area (Å²) in [4.78, 5) is 14.7. The third-order valence-electron chi connectivity index (χ3n) is 6.14. The summed E-state index contributed by atoms with van der Waals surface area (Å²) in [6.45, 7) is 2.92. The van der Waals surface area contributed by atoms with Crippen LogP contribution < -0.4 is 15.6 Å². The van der Waals surface area contributed by atoms with Crippen molar-refractivity contribution in [3.63, 3.8) is 0 Å². The normalized spacial score (nSPS) is 15.9. The van der Waals surface area contributed by atoms with Gasteiger partial charge in [0.2, 0.25) is 0 Å². The molecule has 3 aromatic rings. The van der Waals surface area contributed by atoms with Crippen LogP contribution >= 0.6 is 11.6 Å². The molecule has 3 heterocycles. The number of H-pyrrole nitrogens is 1. The van der Waals surface area contributed by atoms with Gasteiger partial charge in [-0.2, -0.15) is 13.2 Å². The molecule has 33 heavy (non-hydrogen) atoms. The zero-order valence-electron chi connectivity index (χ0n) is 18.4. The molecule has 1 aromatic carbocycles. The largest absolute Gasteiger partial charge is 0.493 e. The van der Waals surface area contributed by atoms with Crippen LogP contribution in [0.15, 0.2) is 35.3 Å². The number of anilines is 1. The van der Waals surface area contributed by atoms with E-state index in [1.165, 1.54) is 10.6 Å². The van der Waals surface area contributed by atoms with Crippen molar-refractivity contribution in [3.8, 4) is 5.75 Å². The van der Waals surface area contributed by atoms with Crippen molar-refractivity contribution in [3.05, 3.63) is 57.0 Å². The van der Waals surface area contributed by atoms with Gasteiger partial charge in [0.25, 0.3) is 5.56 Å². The molecule has 6 nitrogen and oxygen atoms in total. The zero-order chi connectivity index (χ0) is 24.2. The van der Waals surface area contributed by atoms with E-state index in [9.17, 15) is 23.1 Å². The second kappa shape index (κ2) is 7.99. The van der Waals surface area contributed by atoms with E-state index in [1.807, 2.05) is 0 Å². The molecule has 1 aliphatic rings. The van der Waals surface area contributed by atoms with E-state index < -0.39 is 30.2 Å². The molecule has 3 N–H and O–H groups in total. The van der Waals surface area contributed by atoms with Crippen LogP contribution in [0.3, 0.4) is 0 Å². The van der Waals surface area contributed by atoms with E-state index in [0.717, 1.165) is 5.56 Å². The van der Waals surface area contributed by atoms with Gasteiger partial charge in [-0.3, -0.25) is 4.79 Å². The lowest BCUT2D eigenvalue weighted by Gasteiger charge is -2.38. The summed E-state index contributed by atoms with van der Waals surface area (Å²) in [6, 6.07) is 6.31. The lowest BCUT2D eigenvalue weighted by molar-refractivity contribution is -0.260. The summed E-state index contributed by atoms with van der Waals surface area (Å²) in [7, 11) is 1.59. The maximum atomic E-state index is 14.1. The number of aliphatic hydroxyl groups is 1. The Balaban J connectivity index is 1.62. The highest BCUT2D eigenvalue weighted by molar-refractivity contribution is 6.30. The second-order valence-corrected chi connectivity index (χ2v) is 9.69. The molecule has 0 aliphatic carbocycles. The average Bonchev–Trinajstić information content (AvgIpc) is 3.31. The number of fused-ring (bicyclic) bond motifs is 2. The first-order valence-corrected chi connectivity index (χ1v) is 10.8. The lowest BCUT2D eigenvalue weighted by Crippen LogP contribution is -2.53. The van der Waals surface area contributed by atoms with Crippen LogP contribution in [-0.4, -0.2) is 39.6 Å². The number of pyridine rings is 1. The van der Waals surface area contributed by atoms with Crippen LogP contribution in [-0.2, 0) is 18.9 Å². The molecule has 4 rings (SSSR count). The number of rotatable bonds is 6. The highest BCUT2D eigenvalue weighted by atomic mass is 35.5. The Morgan fingerprint density at radius 3 is 2.67 bits per heavy atom. The number of nitrogens with zero attached hydrogens (tertiary/aromatic N) is 1. The van der Waals surface area contributed by atoms with Gasteiger partial charge in [0, 0.05) is 41.7 Å². The smallest absolute Gasteiger partial charge is 0.418 e. The molecule has 178 valence electrons. The van der Waals surface area contributed by atoms with Crippen molar-refractivity contribution in [1.82, 2.24) is 9.55 Å². The third kappa shape index (κ3) is 4.44. The van der Waals surface area contributed by atoms with Crippen LogP contribution in [0.25, 0.3) is 10.9 Å². The Hall–Kier alpha value is -2.65. The number of aryl methyl sites for hydroxylation is 1. The first kappa shape index (κ1) is 23.5. The summed E-state index contributed by atoms with van der Waals surface area (Å²) in [5.41, 5.74) is -2.52. The second-order valence-electron chi connectivity index (χ2n) is 9.26. The van der Waals surface area contributed by atoms with E-state index in [4.69, 9.17) is 16.3 Å². The summed E-state index contributed by atoms with van der Waals surface area (Å²) in [5, 5.41) is 14.6. The van der Waals surface area contributed by atoms with Crippen molar-refractivity contribution in [1.29, 1.82) is 0 Å². The molecule has 1 atom stereocenters. The molecule has 0 fully saturated rings. The Morgan fingerprint density at radius 2 is 1.97 bits per heavy atom. The average molecular weight is 484 g/mol. The van der Waals surface area contributed by atoms with Gasteiger partial charge in [-0.15, -0.1) is 0 Å². The van der Waals surface area contributed by atoms with Crippen LogP contribution in [0.2, 0.25) is 5.02 Å². The number of aromatic amines is 1. The van der Waals surface area contributed by atoms with Crippen LogP contribution in [0.1, 0.15) is 31.4 Å². The van der Waals surface area contributed by atoms with Crippen molar-refractivity contribution in [2.75, 3.05) is 18.5 Å². The Kier molecular flexibility index (Phi) is 5.69. The van der Waals surface area contributed by atoms with E-state index in [1.54, 1.807) is 45.3 Å². The first-order chi connectivity index (χ1) is 15.3. The summed E-state index contributed by atoms with van der Waals surface area (Å²) < 4.78 is 49.4. The topological polar surface area (TPSA) is 79.3 Å². The van der Waals surface area contributed by atoms with E-state index in [0.29, 0.717) is 40.3 Å². The van der Waals surface area contributed by atoms with E-state index in [2.05, 4.69) is 10.3 Å². The highest BCUT2D eigenvalue weighted by Crippen LogP contribution is 2.46. The van der Waals surface area contributed by atoms with Gasteiger partial charge >= 0.3 is 6.18 Å². The standard InChI is InChI=1S/C23H25ClF3N3O3/c1-21(2,16-8-15(24)6-13-4-5-33-20(13)16)11-22(32,23(25,26)27)12-28-18-7-14-10-30(3)19(31)9-17(14)29-18/h6-10,28-29,32H,4-5,11-12H2,1-3H3. The van der Waals surface area contributed by atoms with Crippen molar-refractivity contribution >= 4 is 28.3 Å². The molecule has 0 amide bonds. The predicted octanol–water partition coefficient (Wildman–Crippen LogP) is 4.53. The Bertz CT molecular complexity index is 1270. The monoisotopic (exact) mass is 483 g/mol. The van der Waals surface area contributed by atoms with Gasteiger partial charge in [-0.1, -0.05) is 25.4 Å². The summed E-state index contributed by atoms with van der Waals surface area (Å²) in [6.07, 6.45) is -3.31. The minimum atomic E-state index is -4.90. The van der Waals surface area contributed by atoms with Crippen LogP contribution in [0.4, 0.5) is 19.0 Å². The molecule has 0 saturated heterocycles.